The average molecular weight is 250 g/mol. The molecule has 1 radical (unpaired) electrons. The molecular weight excluding hydrogens is 234 g/mol. The topological polar surface area (TPSA) is 41.1 Å². The summed E-state index contributed by atoms with van der Waals surface area (Å²) in [5.41, 5.74) is 1.97. The first-order valence-electron chi connectivity index (χ1n) is 6.62. The first-order chi connectivity index (χ1) is 9.28. The van der Waals surface area contributed by atoms with Crippen molar-refractivity contribution in [3.05, 3.63) is 42.0 Å². The molecule has 0 spiro atoms. The summed E-state index contributed by atoms with van der Waals surface area (Å²) in [6.45, 7) is 5.00. The van der Waals surface area contributed by atoms with Crippen molar-refractivity contribution in [1.82, 2.24) is 5.32 Å². The molecule has 1 saturated heterocycles. The van der Waals surface area contributed by atoms with Crippen LogP contribution in [0.25, 0.3) is 10.8 Å². The van der Waals surface area contributed by atoms with E-state index in [2.05, 4.69) is 47.5 Å². The molecule has 0 bridgehead atoms. The summed E-state index contributed by atoms with van der Waals surface area (Å²) >= 11 is 0. The van der Waals surface area contributed by atoms with Crippen molar-refractivity contribution in [1.29, 1.82) is 5.26 Å². The Morgan fingerprint density at radius 1 is 1.32 bits per heavy atom. The summed E-state index contributed by atoms with van der Waals surface area (Å²) < 4.78 is 0. The Kier molecular flexibility index (Phi) is 3.10. The van der Waals surface area contributed by atoms with Gasteiger partial charge in [0.2, 0.25) is 0 Å². The van der Waals surface area contributed by atoms with E-state index in [4.69, 9.17) is 5.26 Å². The van der Waals surface area contributed by atoms with Crippen molar-refractivity contribution in [3.63, 3.8) is 0 Å². The summed E-state index contributed by atoms with van der Waals surface area (Å²) in [4.78, 5) is 2.39. The van der Waals surface area contributed by atoms with Crippen molar-refractivity contribution in [2.75, 3.05) is 24.5 Å². The maximum absolute atomic E-state index is 8.98. The lowest BCUT2D eigenvalue weighted by atomic mass is 10.0. The molecule has 0 N–H and O–H groups in total. The molecule has 3 nitrogen and oxygen atoms in total. The zero-order chi connectivity index (χ0) is 13.2. The number of anilines is 1. The van der Waals surface area contributed by atoms with Crippen molar-refractivity contribution in [2.45, 2.75) is 13.0 Å². The zero-order valence-electron chi connectivity index (χ0n) is 11.0. The molecule has 2 aromatic carbocycles. The van der Waals surface area contributed by atoms with Crippen molar-refractivity contribution in [2.24, 2.45) is 0 Å². The van der Waals surface area contributed by atoms with Crippen LogP contribution in [0.3, 0.4) is 0 Å². The monoisotopic (exact) mass is 250 g/mol. The molecule has 2 aromatic rings. The van der Waals surface area contributed by atoms with Gasteiger partial charge in [-0.05, 0) is 30.5 Å². The fourth-order valence-electron chi connectivity index (χ4n) is 2.70. The van der Waals surface area contributed by atoms with Crippen LogP contribution >= 0.6 is 0 Å². The third kappa shape index (κ3) is 2.27. The summed E-state index contributed by atoms with van der Waals surface area (Å²) in [7, 11) is 0. The van der Waals surface area contributed by atoms with E-state index in [9.17, 15) is 0 Å². The quantitative estimate of drug-likeness (QED) is 0.780. The predicted molar refractivity (Wildman–Crippen MR) is 77.3 cm³/mol. The molecule has 1 heterocycles. The number of hydrogen-bond acceptors (Lipinski definition) is 2. The van der Waals surface area contributed by atoms with Crippen LogP contribution in [0.15, 0.2) is 36.4 Å². The van der Waals surface area contributed by atoms with Gasteiger partial charge < -0.3 is 4.90 Å². The van der Waals surface area contributed by atoms with E-state index >= 15 is 0 Å². The van der Waals surface area contributed by atoms with E-state index < -0.39 is 0 Å². The number of nitriles is 1. The van der Waals surface area contributed by atoms with Crippen LogP contribution in [0.2, 0.25) is 0 Å². The Balaban J connectivity index is 2.06. The zero-order valence-corrected chi connectivity index (χ0v) is 11.0. The number of piperazine rings is 1. The van der Waals surface area contributed by atoms with Gasteiger partial charge in [-0.25, -0.2) is 5.32 Å². The third-order valence-corrected chi connectivity index (χ3v) is 3.62. The highest BCUT2D eigenvalue weighted by atomic mass is 15.2. The van der Waals surface area contributed by atoms with Gasteiger partial charge in [0.15, 0.2) is 0 Å². The van der Waals surface area contributed by atoms with Gasteiger partial charge >= 0.3 is 0 Å². The molecular formula is C16H16N3. The van der Waals surface area contributed by atoms with Gasteiger partial charge in [-0.3, -0.25) is 0 Å². The van der Waals surface area contributed by atoms with E-state index in [-0.39, 0.29) is 0 Å². The standard InChI is InChI=1S/C16H16N3/c1-12-11-19(8-7-18-12)16-4-2-3-14-9-13(10-17)5-6-15(14)16/h2-6,9,12H,7-8,11H2,1H3. The number of benzene rings is 2. The minimum Gasteiger partial charge on any atom is -0.368 e. The number of fused-ring (bicyclic) bond motifs is 1. The normalized spacial score (nSPS) is 19.4. The van der Waals surface area contributed by atoms with Crippen molar-refractivity contribution < 1.29 is 0 Å². The van der Waals surface area contributed by atoms with Crippen molar-refractivity contribution >= 4 is 16.5 Å². The Bertz CT molecular complexity index is 642. The molecule has 0 aliphatic carbocycles. The van der Waals surface area contributed by atoms with Crippen LogP contribution < -0.4 is 10.2 Å². The summed E-state index contributed by atoms with van der Waals surface area (Å²) in [6.07, 6.45) is 0. The Labute approximate surface area is 113 Å². The number of rotatable bonds is 1. The fraction of sp³-hybridized carbons (Fsp3) is 0.312. The van der Waals surface area contributed by atoms with E-state index in [0.29, 0.717) is 11.6 Å². The second-order valence-corrected chi connectivity index (χ2v) is 5.03. The SMILES string of the molecule is CC1CN(c2cccc3cc(C#N)ccc23)CC[N]1. The third-order valence-electron chi connectivity index (χ3n) is 3.62. The van der Waals surface area contributed by atoms with E-state index in [1.54, 1.807) is 0 Å². The second-order valence-electron chi connectivity index (χ2n) is 5.03. The van der Waals surface area contributed by atoms with Gasteiger partial charge in [-0.15, -0.1) is 0 Å². The maximum Gasteiger partial charge on any atom is 0.0991 e. The van der Waals surface area contributed by atoms with Crippen LogP contribution in [-0.2, 0) is 0 Å². The molecule has 1 fully saturated rings. The van der Waals surface area contributed by atoms with Crippen molar-refractivity contribution in [3.8, 4) is 6.07 Å². The lowest BCUT2D eigenvalue weighted by Gasteiger charge is -2.33. The first kappa shape index (κ1) is 12.0. The molecule has 1 unspecified atom stereocenters. The minimum absolute atomic E-state index is 0.391. The van der Waals surface area contributed by atoms with E-state index in [0.717, 1.165) is 25.0 Å². The second kappa shape index (κ2) is 4.91. The van der Waals surface area contributed by atoms with Crippen LogP contribution in [0.4, 0.5) is 5.69 Å². The van der Waals surface area contributed by atoms with Crippen LogP contribution in [0, 0.1) is 11.3 Å². The Morgan fingerprint density at radius 2 is 2.21 bits per heavy atom. The molecule has 1 aliphatic rings. The molecule has 3 heteroatoms. The molecule has 0 aromatic heterocycles. The van der Waals surface area contributed by atoms with E-state index in [1.165, 1.54) is 11.1 Å². The largest absolute Gasteiger partial charge is 0.368 e. The minimum atomic E-state index is 0.391. The molecule has 1 atom stereocenters. The van der Waals surface area contributed by atoms with Gasteiger partial charge in [0.05, 0.1) is 11.6 Å². The van der Waals surface area contributed by atoms with E-state index in [1.807, 2.05) is 12.1 Å². The van der Waals surface area contributed by atoms with Crippen LogP contribution in [0.5, 0.6) is 0 Å². The smallest absolute Gasteiger partial charge is 0.0991 e. The highest BCUT2D eigenvalue weighted by molar-refractivity contribution is 5.95. The number of nitrogens with zero attached hydrogens (tertiary/aromatic N) is 3. The van der Waals surface area contributed by atoms with Gasteiger partial charge in [-0.1, -0.05) is 18.2 Å². The fourth-order valence-corrected chi connectivity index (χ4v) is 2.70. The van der Waals surface area contributed by atoms with Crippen LogP contribution in [0.1, 0.15) is 12.5 Å². The maximum atomic E-state index is 8.98. The molecule has 19 heavy (non-hydrogen) atoms. The van der Waals surface area contributed by atoms with Gasteiger partial charge in [0.1, 0.15) is 0 Å². The first-order valence-corrected chi connectivity index (χ1v) is 6.62. The molecule has 95 valence electrons. The Morgan fingerprint density at radius 3 is 3.00 bits per heavy atom. The summed E-state index contributed by atoms with van der Waals surface area (Å²) in [5.74, 6) is 0. The lowest BCUT2D eigenvalue weighted by molar-refractivity contribution is 0.476. The Hall–Kier alpha value is -2.05. The van der Waals surface area contributed by atoms with Gasteiger partial charge in [0, 0.05) is 36.7 Å². The van der Waals surface area contributed by atoms with Gasteiger partial charge in [-0.2, -0.15) is 5.26 Å². The van der Waals surface area contributed by atoms with Gasteiger partial charge in [0.25, 0.3) is 0 Å². The average Bonchev–Trinajstić information content (AvgIpc) is 2.46. The molecule has 1 aliphatic heterocycles. The highest BCUT2D eigenvalue weighted by Gasteiger charge is 2.18. The number of hydrogen-bond donors (Lipinski definition) is 0. The molecule has 3 rings (SSSR count). The molecule has 0 amide bonds. The predicted octanol–water partition coefficient (Wildman–Crippen LogP) is 2.52. The molecule has 0 saturated carbocycles. The highest BCUT2D eigenvalue weighted by Crippen LogP contribution is 2.28. The lowest BCUT2D eigenvalue weighted by Crippen LogP contribution is -2.45. The summed E-state index contributed by atoms with van der Waals surface area (Å²) in [5, 5.41) is 15.9. The summed E-state index contributed by atoms with van der Waals surface area (Å²) in [6, 6.07) is 14.8. The van der Waals surface area contributed by atoms with Crippen LogP contribution in [-0.4, -0.2) is 25.7 Å².